The van der Waals surface area contributed by atoms with E-state index in [0.717, 1.165) is 29.6 Å². The van der Waals surface area contributed by atoms with Crippen LogP contribution in [0.4, 0.5) is 0 Å². The van der Waals surface area contributed by atoms with E-state index in [-0.39, 0.29) is 6.10 Å². The fourth-order valence-corrected chi connectivity index (χ4v) is 4.78. The van der Waals surface area contributed by atoms with Crippen LogP contribution in [0.2, 0.25) is 0 Å². The van der Waals surface area contributed by atoms with E-state index in [4.69, 9.17) is 0 Å². The first-order chi connectivity index (χ1) is 6.38. The zero-order valence-electron chi connectivity index (χ0n) is 7.76. The van der Waals surface area contributed by atoms with Crippen molar-refractivity contribution in [1.29, 1.82) is 0 Å². The van der Waals surface area contributed by atoms with E-state index in [1.54, 1.807) is 0 Å². The van der Waals surface area contributed by atoms with E-state index in [9.17, 15) is 5.11 Å². The Balaban J connectivity index is 1.75. The minimum Gasteiger partial charge on any atom is -0.393 e. The Kier molecular flexibility index (Phi) is 1.10. The van der Waals surface area contributed by atoms with Crippen LogP contribution in [0.3, 0.4) is 0 Å². The summed E-state index contributed by atoms with van der Waals surface area (Å²) in [4.78, 5) is 0. The van der Waals surface area contributed by atoms with Crippen molar-refractivity contribution >= 4 is 0 Å². The standard InChI is InChI=1S/C12H16O/c13-12-8-5-9-10(11(9)12)7-4-2-1-3-6(7)8/h1-2,6-13H,3-5H2/t6-,7+,8-,9+,10+,11+,12+/m1/s1. The summed E-state index contributed by atoms with van der Waals surface area (Å²) >= 11 is 0. The van der Waals surface area contributed by atoms with Gasteiger partial charge in [0.05, 0.1) is 6.10 Å². The van der Waals surface area contributed by atoms with Crippen LogP contribution in [-0.2, 0) is 0 Å². The van der Waals surface area contributed by atoms with Crippen LogP contribution < -0.4 is 0 Å². The molecule has 4 fully saturated rings. The number of hydrogen-bond donors (Lipinski definition) is 1. The van der Waals surface area contributed by atoms with Crippen LogP contribution in [0, 0.1) is 35.5 Å². The highest BCUT2D eigenvalue weighted by atomic mass is 16.3. The lowest BCUT2D eigenvalue weighted by molar-refractivity contribution is -0.00759. The van der Waals surface area contributed by atoms with Crippen LogP contribution in [-0.4, -0.2) is 11.2 Å². The van der Waals surface area contributed by atoms with Crippen molar-refractivity contribution in [2.45, 2.75) is 25.4 Å². The number of allylic oxidation sites excluding steroid dienone is 2. The summed E-state index contributed by atoms with van der Waals surface area (Å²) in [6, 6.07) is 0. The summed E-state index contributed by atoms with van der Waals surface area (Å²) in [5, 5.41) is 10.0. The minimum atomic E-state index is 0.0859. The second-order valence-electron chi connectivity index (χ2n) is 5.48. The number of aliphatic hydroxyl groups excluding tert-OH is 1. The van der Waals surface area contributed by atoms with Gasteiger partial charge in [0.1, 0.15) is 0 Å². The van der Waals surface area contributed by atoms with Crippen LogP contribution in [0.1, 0.15) is 19.3 Å². The van der Waals surface area contributed by atoms with Crippen LogP contribution >= 0.6 is 0 Å². The Morgan fingerprint density at radius 2 is 1.62 bits per heavy atom. The molecule has 0 aromatic carbocycles. The predicted molar refractivity (Wildman–Crippen MR) is 49.9 cm³/mol. The van der Waals surface area contributed by atoms with E-state index in [1.807, 2.05) is 0 Å². The van der Waals surface area contributed by atoms with Gasteiger partial charge in [-0.1, -0.05) is 12.2 Å². The highest BCUT2D eigenvalue weighted by molar-refractivity contribution is 5.20. The lowest BCUT2D eigenvalue weighted by Gasteiger charge is -2.43. The highest BCUT2D eigenvalue weighted by Gasteiger charge is 2.70. The van der Waals surface area contributed by atoms with Crippen LogP contribution in [0.25, 0.3) is 0 Å². The first-order valence-electron chi connectivity index (χ1n) is 5.71. The molecular weight excluding hydrogens is 160 g/mol. The summed E-state index contributed by atoms with van der Waals surface area (Å²) in [7, 11) is 0. The van der Waals surface area contributed by atoms with Crippen molar-refractivity contribution in [3.05, 3.63) is 12.2 Å². The van der Waals surface area contributed by atoms with Crippen molar-refractivity contribution in [2.24, 2.45) is 35.5 Å². The zero-order valence-corrected chi connectivity index (χ0v) is 7.76. The number of aliphatic hydroxyl groups is 1. The smallest absolute Gasteiger partial charge is 0.0605 e. The van der Waals surface area contributed by atoms with Gasteiger partial charge in [-0.15, -0.1) is 0 Å². The Labute approximate surface area is 78.8 Å². The molecule has 0 heterocycles. The molecule has 5 rings (SSSR count). The molecule has 1 N–H and O–H groups in total. The van der Waals surface area contributed by atoms with E-state index in [1.165, 1.54) is 19.3 Å². The quantitative estimate of drug-likeness (QED) is 0.558. The Morgan fingerprint density at radius 3 is 2.31 bits per heavy atom. The van der Waals surface area contributed by atoms with Gasteiger partial charge in [0.15, 0.2) is 0 Å². The second kappa shape index (κ2) is 2.03. The molecule has 0 radical (unpaired) electrons. The molecule has 70 valence electrons. The number of hydrogen-bond acceptors (Lipinski definition) is 1. The maximum absolute atomic E-state index is 10.0. The monoisotopic (exact) mass is 176 g/mol. The topological polar surface area (TPSA) is 20.2 Å². The molecular formula is C12H16O. The molecule has 0 unspecified atom stereocenters. The van der Waals surface area contributed by atoms with E-state index in [2.05, 4.69) is 12.2 Å². The van der Waals surface area contributed by atoms with E-state index >= 15 is 0 Å². The molecule has 1 nitrogen and oxygen atoms in total. The molecule has 0 aromatic rings. The average molecular weight is 176 g/mol. The summed E-state index contributed by atoms with van der Waals surface area (Å²) in [5.74, 6) is 5.08. The Morgan fingerprint density at radius 1 is 0.846 bits per heavy atom. The first-order valence-corrected chi connectivity index (χ1v) is 5.71. The van der Waals surface area contributed by atoms with Crippen LogP contribution in [0.5, 0.6) is 0 Å². The molecule has 4 bridgehead atoms. The Hall–Kier alpha value is -0.300. The van der Waals surface area contributed by atoms with Gasteiger partial charge in [0.25, 0.3) is 0 Å². The van der Waals surface area contributed by atoms with Crippen LogP contribution in [0.15, 0.2) is 12.2 Å². The third kappa shape index (κ3) is 0.665. The maximum atomic E-state index is 10.0. The largest absolute Gasteiger partial charge is 0.393 e. The van der Waals surface area contributed by atoms with Crippen molar-refractivity contribution in [3.63, 3.8) is 0 Å². The molecule has 5 aliphatic carbocycles. The maximum Gasteiger partial charge on any atom is 0.0605 e. The van der Waals surface area contributed by atoms with Gasteiger partial charge in [-0.3, -0.25) is 0 Å². The highest BCUT2D eigenvalue weighted by Crippen LogP contribution is 2.72. The number of rotatable bonds is 0. The third-order valence-corrected chi connectivity index (χ3v) is 5.25. The summed E-state index contributed by atoms with van der Waals surface area (Å²) < 4.78 is 0. The van der Waals surface area contributed by atoms with Crippen molar-refractivity contribution in [1.82, 2.24) is 0 Å². The molecule has 0 spiro atoms. The van der Waals surface area contributed by atoms with Gasteiger partial charge in [-0.05, 0) is 54.8 Å². The third-order valence-electron chi connectivity index (χ3n) is 5.25. The fraction of sp³-hybridized carbons (Fsp3) is 0.833. The summed E-state index contributed by atoms with van der Waals surface area (Å²) in [6.45, 7) is 0. The van der Waals surface area contributed by atoms with Gasteiger partial charge in [-0.25, -0.2) is 0 Å². The van der Waals surface area contributed by atoms with Gasteiger partial charge in [0.2, 0.25) is 0 Å². The van der Waals surface area contributed by atoms with E-state index in [0.29, 0.717) is 5.92 Å². The Bertz CT molecular complexity index is 283. The predicted octanol–water partition coefficient (Wildman–Crippen LogP) is 1.83. The lowest BCUT2D eigenvalue weighted by Crippen LogP contribution is -2.40. The summed E-state index contributed by atoms with van der Waals surface area (Å²) in [6.07, 6.45) is 8.71. The molecule has 0 aliphatic heterocycles. The molecule has 7 atom stereocenters. The van der Waals surface area contributed by atoms with Gasteiger partial charge in [0, 0.05) is 0 Å². The fourth-order valence-electron chi connectivity index (χ4n) is 4.78. The SMILES string of the molecule is O[C@H]1[C@@H]2C[C@H]3[C@H]([C@H]4CC=CC[C@@H]24)[C@@H]13. The van der Waals surface area contributed by atoms with Crippen molar-refractivity contribution in [2.75, 3.05) is 0 Å². The van der Waals surface area contributed by atoms with Gasteiger partial charge in [-0.2, -0.15) is 0 Å². The molecule has 0 saturated heterocycles. The molecule has 13 heavy (non-hydrogen) atoms. The molecule has 1 heteroatoms. The van der Waals surface area contributed by atoms with Crippen molar-refractivity contribution in [3.8, 4) is 0 Å². The van der Waals surface area contributed by atoms with Gasteiger partial charge >= 0.3 is 0 Å². The first kappa shape index (κ1) is 7.05. The normalized spacial score (nSPS) is 66.4. The summed E-state index contributed by atoms with van der Waals surface area (Å²) in [5.41, 5.74) is 0. The lowest BCUT2D eigenvalue weighted by atomic mass is 9.63. The minimum absolute atomic E-state index is 0.0859. The van der Waals surface area contributed by atoms with Gasteiger partial charge < -0.3 is 5.11 Å². The second-order valence-corrected chi connectivity index (χ2v) is 5.48. The molecule has 0 amide bonds. The molecule has 5 aliphatic rings. The van der Waals surface area contributed by atoms with E-state index < -0.39 is 0 Å². The molecule has 0 aromatic heterocycles. The van der Waals surface area contributed by atoms with Crippen molar-refractivity contribution < 1.29 is 5.11 Å². The average Bonchev–Trinajstić information content (AvgIpc) is 2.83. The zero-order chi connectivity index (χ0) is 8.58. The molecule has 4 saturated carbocycles.